The van der Waals surface area contributed by atoms with Crippen molar-refractivity contribution >= 4 is 28.4 Å². The highest BCUT2D eigenvalue weighted by atomic mass is 16.2. The van der Waals surface area contributed by atoms with Gasteiger partial charge in [-0.15, -0.1) is 0 Å². The van der Waals surface area contributed by atoms with Gasteiger partial charge in [0.15, 0.2) is 0 Å². The molecule has 0 atom stereocenters. The molecule has 1 aromatic heterocycles. The highest BCUT2D eigenvalue weighted by Crippen LogP contribution is 2.18. The second-order valence-electron chi connectivity index (χ2n) is 5.08. The van der Waals surface area contributed by atoms with Crippen LogP contribution in [0.4, 0.5) is 5.69 Å². The molecule has 0 unspecified atom stereocenters. The Morgan fingerprint density at radius 3 is 2.80 bits per heavy atom. The molecule has 6 heteroatoms. The van der Waals surface area contributed by atoms with Crippen LogP contribution in [0.15, 0.2) is 24.4 Å². The number of carbonyl (C=O) groups is 2. The number of aromatic nitrogens is 2. The van der Waals surface area contributed by atoms with E-state index in [0.29, 0.717) is 5.69 Å². The van der Waals surface area contributed by atoms with Crippen LogP contribution >= 0.6 is 0 Å². The average Bonchev–Trinajstić information content (AvgIpc) is 3.08. The zero-order valence-corrected chi connectivity index (χ0v) is 11.0. The number of nitrogens with zero attached hydrogens (tertiary/aromatic N) is 1. The standard InChI is InChI=1S/C14H16N4O2/c19-13(16-10-3-1-2-4-10)14(20)17-11-6-5-9-8-15-18-12(9)7-11/h5-8,10H,1-4H2,(H,15,18)(H,16,19)(H,17,20). The second kappa shape index (κ2) is 5.32. The zero-order valence-electron chi connectivity index (χ0n) is 11.0. The van der Waals surface area contributed by atoms with Crippen LogP contribution in [0, 0.1) is 0 Å². The van der Waals surface area contributed by atoms with Crippen molar-refractivity contribution in [3.63, 3.8) is 0 Å². The normalized spacial score (nSPS) is 15.4. The van der Waals surface area contributed by atoms with Crippen molar-refractivity contribution in [3.05, 3.63) is 24.4 Å². The van der Waals surface area contributed by atoms with Gasteiger partial charge in [-0.3, -0.25) is 14.7 Å². The number of nitrogens with one attached hydrogen (secondary N) is 3. The van der Waals surface area contributed by atoms with Crippen molar-refractivity contribution in [2.24, 2.45) is 0 Å². The van der Waals surface area contributed by atoms with E-state index in [1.54, 1.807) is 18.3 Å². The molecule has 2 aromatic rings. The third kappa shape index (κ3) is 2.64. The molecule has 3 N–H and O–H groups in total. The van der Waals surface area contributed by atoms with Gasteiger partial charge < -0.3 is 10.6 Å². The first-order valence-corrected chi connectivity index (χ1v) is 6.77. The number of anilines is 1. The van der Waals surface area contributed by atoms with Gasteiger partial charge in [0, 0.05) is 17.1 Å². The van der Waals surface area contributed by atoms with Crippen LogP contribution in [0.2, 0.25) is 0 Å². The zero-order chi connectivity index (χ0) is 13.9. The first-order valence-electron chi connectivity index (χ1n) is 6.77. The summed E-state index contributed by atoms with van der Waals surface area (Å²) in [4.78, 5) is 23.6. The molecule has 1 heterocycles. The molecule has 104 valence electrons. The Hall–Kier alpha value is -2.37. The number of fused-ring (bicyclic) bond motifs is 1. The van der Waals surface area contributed by atoms with Gasteiger partial charge in [-0.25, -0.2) is 0 Å². The fourth-order valence-electron chi connectivity index (χ4n) is 2.52. The third-order valence-corrected chi connectivity index (χ3v) is 3.60. The van der Waals surface area contributed by atoms with Crippen LogP contribution < -0.4 is 10.6 Å². The maximum absolute atomic E-state index is 11.8. The van der Waals surface area contributed by atoms with Gasteiger partial charge in [0.25, 0.3) is 0 Å². The quantitative estimate of drug-likeness (QED) is 0.725. The molecule has 1 saturated carbocycles. The van der Waals surface area contributed by atoms with Crippen LogP contribution in [0.3, 0.4) is 0 Å². The van der Waals surface area contributed by atoms with Gasteiger partial charge in [0.2, 0.25) is 0 Å². The predicted molar refractivity (Wildman–Crippen MR) is 75.1 cm³/mol. The highest BCUT2D eigenvalue weighted by Gasteiger charge is 2.21. The molecule has 0 aliphatic heterocycles. The van der Waals surface area contributed by atoms with Gasteiger partial charge in [-0.05, 0) is 31.0 Å². The van der Waals surface area contributed by atoms with Crippen molar-refractivity contribution in [2.45, 2.75) is 31.7 Å². The first kappa shape index (κ1) is 12.7. The Bertz CT molecular complexity index is 643. The average molecular weight is 272 g/mol. The van der Waals surface area contributed by atoms with Gasteiger partial charge >= 0.3 is 11.8 Å². The van der Waals surface area contributed by atoms with E-state index < -0.39 is 11.8 Å². The number of benzene rings is 1. The highest BCUT2D eigenvalue weighted by molar-refractivity contribution is 6.39. The molecular weight excluding hydrogens is 256 g/mol. The van der Waals surface area contributed by atoms with Crippen molar-refractivity contribution in [1.82, 2.24) is 15.5 Å². The Labute approximate surface area is 115 Å². The molecule has 20 heavy (non-hydrogen) atoms. The third-order valence-electron chi connectivity index (χ3n) is 3.60. The van der Waals surface area contributed by atoms with E-state index in [4.69, 9.17) is 0 Å². The number of carbonyl (C=O) groups excluding carboxylic acids is 2. The van der Waals surface area contributed by atoms with Gasteiger partial charge in [0.1, 0.15) is 0 Å². The number of hydrogen-bond donors (Lipinski definition) is 3. The Kier molecular flexibility index (Phi) is 3.37. The lowest BCUT2D eigenvalue weighted by Crippen LogP contribution is -2.40. The van der Waals surface area contributed by atoms with Crippen molar-refractivity contribution in [3.8, 4) is 0 Å². The minimum atomic E-state index is -0.629. The maximum Gasteiger partial charge on any atom is 0.313 e. The molecule has 1 aromatic carbocycles. The van der Waals surface area contributed by atoms with Crippen molar-refractivity contribution in [2.75, 3.05) is 5.32 Å². The summed E-state index contributed by atoms with van der Waals surface area (Å²) in [6.07, 6.45) is 5.85. The van der Waals surface area contributed by atoms with Crippen LogP contribution in [-0.2, 0) is 9.59 Å². The van der Waals surface area contributed by atoms with E-state index in [9.17, 15) is 9.59 Å². The largest absolute Gasteiger partial charge is 0.345 e. The van der Waals surface area contributed by atoms with Crippen LogP contribution in [-0.4, -0.2) is 28.1 Å². The van der Waals surface area contributed by atoms with E-state index in [-0.39, 0.29) is 6.04 Å². The second-order valence-corrected chi connectivity index (χ2v) is 5.08. The summed E-state index contributed by atoms with van der Waals surface area (Å²) < 4.78 is 0. The molecule has 6 nitrogen and oxygen atoms in total. The van der Waals surface area contributed by atoms with Crippen molar-refractivity contribution < 1.29 is 9.59 Å². The fourth-order valence-corrected chi connectivity index (χ4v) is 2.52. The van der Waals surface area contributed by atoms with E-state index in [0.717, 1.165) is 36.6 Å². The van der Waals surface area contributed by atoms with E-state index >= 15 is 0 Å². The molecule has 1 aliphatic rings. The summed E-state index contributed by atoms with van der Waals surface area (Å²) in [7, 11) is 0. The molecule has 0 saturated heterocycles. The molecule has 3 rings (SSSR count). The topological polar surface area (TPSA) is 86.9 Å². The maximum atomic E-state index is 11.8. The molecule has 0 spiro atoms. The van der Waals surface area contributed by atoms with E-state index in [1.807, 2.05) is 6.07 Å². The number of H-pyrrole nitrogens is 1. The Morgan fingerprint density at radius 1 is 1.20 bits per heavy atom. The lowest BCUT2D eigenvalue weighted by atomic mass is 10.2. The van der Waals surface area contributed by atoms with Gasteiger partial charge in [0.05, 0.1) is 11.7 Å². The Morgan fingerprint density at radius 2 is 2.00 bits per heavy atom. The lowest BCUT2D eigenvalue weighted by molar-refractivity contribution is -0.136. The van der Waals surface area contributed by atoms with Crippen LogP contribution in [0.25, 0.3) is 10.9 Å². The molecule has 2 amide bonds. The van der Waals surface area contributed by atoms with Gasteiger partial charge in [-0.1, -0.05) is 12.8 Å². The SMILES string of the molecule is O=C(Nc1ccc2cn[nH]c2c1)C(=O)NC1CCCC1. The number of rotatable bonds is 2. The molecule has 1 aliphatic carbocycles. The summed E-state index contributed by atoms with van der Waals surface area (Å²) in [6.45, 7) is 0. The summed E-state index contributed by atoms with van der Waals surface area (Å²) in [5.74, 6) is -1.20. The number of aromatic amines is 1. The van der Waals surface area contributed by atoms with Gasteiger partial charge in [-0.2, -0.15) is 5.10 Å². The minimum Gasteiger partial charge on any atom is -0.345 e. The van der Waals surface area contributed by atoms with E-state index in [2.05, 4.69) is 20.8 Å². The summed E-state index contributed by atoms with van der Waals surface area (Å²) in [5.41, 5.74) is 1.40. The van der Waals surface area contributed by atoms with E-state index in [1.165, 1.54) is 0 Å². The number of hydrogen-bond acceptors (Lipinski definition) is 3. The first-order chi connectivity index (χ1) is 9.72. The molecule has 1 fully saturated rings. The summed E-state index contributed by atoms with van der Waals surface area (Å²) in [5, 5.41) is 13.0. The summed E-state index contributed by atoms with van der Waals surface area (Å²) >= 11 is 0. The molecule has 0 bridgehead atoms. The lowest BCUT2D eigenvalue weighted by Gasteiger charge is -2.11. The van der Waals surface area contributed by atoms with Crippen molar-refractivity contribution in [1.29, 1.82) is 0 Å². The fraction of sp³-hybridized carbons (Fsp3) is 0.357. The molecular formula is C14H16N4O2. The minimum absolute atomic E-state index is 0.142. The van der Waals surface area contributed by atoms with Crippen LogP contribution in [0.5, 0.6) is 0 Å². The molecule has 0 radical (unpaired) electrons. The van der Waals surface area contributed by atoms with Crippen LogP contribution in [0.1, 0.15) is 25.7 Å². The number of amides is 2. The monoisotopic (exact) mass is 272 g/mol. The Balaban J connectivity index is 1.63. The predicted octanol–water partition coefficient (Wildman–Crippen LogP) is 1.56. The smallest absolute Gasteiger partial charge is 0.313 e. The summed E-state index contributed by atoms with van der Waals surface area (Å²) in [6, 6.07) is 5.48.